The van der Waals surface area contributed by atoms with E-state index in [2.05, 4.69) is 36.4 Å². The molecule has 3 fully saturated rings. The molecule has 1 unspecified atom stereocenters. The standard InChI is InChI=1S/C41H51BrN4O6/c42-34-16-13-30(25-33(34)39(29-11-7-6-8-12-29)45-41(50)52-37-27-46-22-19-28(37)20-23-46)51-24-10-5-3-1-2-4-9-21-43-26-36(48)31-14-17-35(47)40-32(31)15-18-38(49)44-40/h6-8,11-18,25,28,36-37,39,43,47-48H,1-5,9-10,19-24,26-27H2,(H,44,49)(H,45,50)/t36-,37+,39?/m1/s1. The summed E-state index contributed by atoms with van der Waals surface area (Å²) in [6.45, 7) is 4.86. The van der Waals surface area contributed by atoms with Crippen molar-refractivity contribution in [2.75, 3.05) is 39.3 Å². The lowest BCUT2D eigenvalue weighted by Gasteiger charge is -2.43. The number of phenols is 1. The van der Waals surface area contributed by atoms with Gasteiger partial charge in [-0.2, -0.15) is 0 Å². The molecule has 11 heteroatoms. The van der Waals surface area contributed by atoms with Gasteiger partial charge >= 0.3 is 6.09 Å². The van der Waals surface area contributed by atoms with E-state index in [4.69, 9.17) is 9.47 Å². The number of aromatic amines is 1. The molecule has 0 radical (unpaired) electrons. The summed E-state index contributed by atoms with van der Waals surface area (Å²) >= 11 is 3.72. The number of halogens is 1. The second kappa shape index (κ2) is 18.7. The summed E-state index contributed by atoms with van der Waals surface area (Å²) in [5.41, 5.74) is 2.62. The number of aromatic nitrogens is 1. The minimum absolute atomic E-state index is 0.0104. The lowest BCUT2D eigenvalue weighted by molar-refractivity contribution is -0.0336. The number of nitrogens with one attached hydrogen (secondary N) is 3. The molecule has 10 nitrogen and oxygen atoms in total. The number of benzene rings is 3. The Labute approximate surface area is 314 Å². The van der Waals surface area contributed by atoms with Crippen molar-refractivity contribution in [1.29, 1.82) is 0 Å². The number of ether oxygens (including phenoxy) is 2. The molecule has 0 aliphatic carbocycles. The van der Waals surface area contributed by atoms with Gasteiger partial charge in [-0.25, -0.2) is 4.79 Å². The van der Waals surface area contributed by atoms with Crippen molar-refractivity contribution in [3.05, 3.63) is 104 Å². The number of carbonyl (C=O) groups is 1. The lowest BCUT2D eigenvalue weighted by Crippen LogP contribution is -2.52. The number of nitrogens with zero attached hydrogens (tertiary/aromatic N) is 1. The number of alkyl carbamates (subject to hydrolysis) is 1. The number of aliphatic hydroxyl groups is 1. The molecular weight excluding hydrogens is 724 g/mol. The Morgan fingerprint density at radius 1 is 0.923 bits per heavy atom. The van der Waals surface area contributed by atoms with E-state index in [9.17, 15) is 19.8 Å². The number of H-pyrrole nitrogens is 1. The van der Waals surface area contributed by atoms with Gasteiger partial charge in [0.05, 0.1) is 24.3 Å². The molecule has 3 aromatic carbocycles. The van der Waals surface area contributed by atoms with Gasteiger partial charge in [-0.15, -0.1) is 0 Å². The number of amides is 1. The van der Waals surface area contributed by atoms with Crippen LogP contribution in [0.25, 0.3) is 10.9 Å². The highest BCUT2D eigenvalue weighted by Crippen LogP contribution is 2.34. The molecule has 7 rings (SSSR count). The minimum Gasteiger partial charge on any atom is -0.506 e. The van der Waals surface area contributed by atoms with Gasteiger partial charge in [0.2, 0.25) is 5.56 Å². The largest absolute Gasteiger partial charge is 0.506 e. The van der Waals surface area contributed by atoms with Crippen LogP contribution in [0.15, 0.2) is 82.1 Å². The fraction of sp³-hybridized carbons (Fsp3) is 0.463. The normalized spacial score (nSPS) is 19.3. The van der Waals surface area contributed by atoms with Crippen LogP contribution >= 0.6 is 15.9 Å². The van der Waals surface area contributed by atoms with E-state index in [1.165, 1.54) is 18.6 Å². The van der Waals surface area contributed by atoms with Crippen molar-refractivity contribution in [2.24, 2.45) is 5.92 Å². The monoisotopic (exact) mass is 774 g/mol. The molecule has 3 atom stereocenters. The number of phenolic OH excluding ortho intramolecular Hbond substituents is 1. The average Bonchev–Trinajstić information content (AvgIpc) is 3.16. The summed E-state index contributed by atoms with van der Waals surface area (Å²) in [7, 11) is 0. The maximum absolute atomic E-state index is 13.2. The smallest absolute Gasteiger partial charge is 0.408 e. The van der Waals surface area contributed by atoms with Gasteiger partial charge in [0.1, 0.15) is 17.6 Å². The molecule has 0 spiro atoms. The second-order valence-corrected chi connectivity index (χ2v) is 14.9. The van der Waals surface area contributed by atoms with Crippen molar-refractivity contribution in [2.45, 2.75) is 76.0 Å². The fourth-order valence-electron chi connectivity index (χ4n) is 7.48. The first-order valence-electron chi connectivity index (χ1n) is 18.8. The van der Waals surface area contributed by atoms with Crippen molar-refractivity contribution < 1.29 is 24.5 Å². The third kappa shape index (κ3) is 10.2. The van der Waals surface area contributed by atoms with Gasteiger partial charge in [-0.3, -0.25) is 9.69 Å². The van der Waals surface area contributed by atoms with Gasteiger partial charge in [0, 0.05) is 29.0 Å². The number of unbranched alkanes of at least 4 members (excludes halogenated alkanes) is 6. The first kappa shape index (κ1) is 37.8. The number of hydrogen-bond acceptors (Lipinski definition) is 8. The molecule has 0 saturated carbocycles. The molecule has 1 aromatic heterocycles. The molecule has 4 heterocycles. The lowest BCUT2D eigenvalue weighted by atomic mass is 9.86. The number of aliphatic hydroxyl groups excluding tert-OH is 1. The summed E-state index contributed by atoms with van der Waals surface area (Å²) in [4.78, 5) is 29.9. The van der Waals surface area contributed by atoms with Crippen molar-refractivity contribution in [1.82, 2.24) is 20.5 Å². The zero-order valence-electron chi connectivity index (χ0n) is 29.7. The Bertz CT molecular complexity index is 1810. The molecule has 3 aliphatic rings. The van der Waals surface area contributed by atoms with Crippen LogP contribution in [0.3, 0.4) is 0 Å². The third-order valence-electron chi connectivity index (χ3n) is 10.4. The molecule has 3 aliphatic heterocycles. The zero-order chi connectivity index (χ0) is 36.3. The van der Waals surface area contributed by atoms with Crippen LogP contribution < -0.4 is 20.9 Å². The molecule has 3 saturated heterocycles. The predicted octanol–water partition coefficient (Wildman–Crippen LogP) is 7.34. The number of rotatable bonds is 18. The van der Waals surface area contributed by atoms with Crippen LogP contribution in [0, 0.1) is 5.92 Å². The number of hydrogen-bond donors (Lipinski definition) is 5. The van der Waals surface area contributed by atoms with Crippen LogP contribution in [-0.2, 0) is 4.74 Å². The molecule has 4 aromatic rings. The van der Waals surface area contributed by atoms with Crippen LogP contribution in [0.2, 0.25) is 0 Å². The first-order chi connectivity index (χ1) is 25.4. The fourth-order valence-corrected chi connectivity index (χ4v) is 7.95. The Morgan fingerprint density at radius 2 is 1.67 bits per heavy atom. The van der Waals surface area contributed by atoms with E-state index >= 15 is 0 Å². The van der Waals surface area contributed by atoms with Crippen LogP contribution in [0.5, 0.6) is 11.5 Å². The van der Waals surface area contributed by atoms with E-state index in [1.807, 2.05) is 48.5 Å². The van der Waals surface area contributed by atoms with Crippen molar-refractivity contribution in [3.63, 3.8) is 0 Å². The van der Waals surface area contributed by atoms with E-state index in [1.54, 1.807) is 12.1 Å². The van der Waals surface area contributed by atoms with E-state index in [0.717, 1.165) is 98.9 Å². The summed E-state index contributed by atoms with van der Waals surface area (Å²) in [5.74, 6) is 1.21. The predicted molar refractivity (Wildman–Crippen MR) is 207 cm³/mol. The maximum atomic E-state index is 13.2. The van der Waals surface area contributed by atoms with Crippen LogP contribution in [-0.4, -0.2) is 71.6 Å². The summed E-state index contributed by atoms with van der Waals surface area (Å²) in [6.07, 6.45) is 8.68. The van der Waals surface area contributed by atoms with Gasteiger partial charge in [0.25, 0.3) is 0 Å². The molecule has 1 amide bonds. The SMILES string of the molecule is O=C(NC(c1ccccc1)c1cc(OCCCCCCCCCNC[C@@H](O)c2ccc(O)c3[nH]c(=O)ccc23)ccc1Br)O[C@H]1CN2CCC1CC2. The Balaban J connectivity index is 0.879. The Kier molecular flexibility index (Phi) is 13.6. The molecular formula is C41H51BrN4O6. The number of fused-ring (bicyclic) bond motifs is 4. The van der Waals surface area contributed by atoms with Crippen molar-refractivity contribution in [3.8, 4) is 11.5 Å². The Hall–Kier alpha value is -3.90. The minimum atomic E-state index is -0.745. The van der Waals surface area contributed by atoms with Gasteiger partial charge in [-0.05, 0) is 98.3 Å². The highest BCUT2D eigenvalue weighted by molar-refractivity contribution is 9.10. The van der Waals surface area contributed by atoms with Crippen LogP contribution in [0.4, 0.5) is 4.79 Å². The number of aromatic hydroxyl groups is 1. The molecule has 5 N–H and O–H groups in total. The topological polar surface area (TPSA) is 136 Å². The Morgan fingerprint density at radius 3 is 2.42 bits per heavy atom. The zero-order valence-corrected chi connectivity index (χ0v) is 31.3. The maximum Gasteiger partial charge on any atom is 0.408 e. The number of piperidine rings is 3. The molecule has 278 valence electrons. The number of pyridine rings is 1. The average molecular weight is 776 g/mol. The molecule has 52 heavy (non-hydrogen) atoms. The van der Waals surface area contributed by atoms with Gasteiger partial charge in [0.15, 0.2) is 0 Å². The van der Waals surface area contributed by atoms with Gasteiger partial charge < -0.3 is 35.3 Å². The quantitative estimate of drug-likeness (QED) is 0.0663. The molecule has 2 bridgehead atoms. The van der Waals surface area contributed by atoms with Crippen molar-refractivity contribution >= 4 is 32.9 Å². The summed E-state index contributed by atoms with van der Waals surface area (Å²) < 4.78 is 13.1. The summed E-state index contributed by atoms with van der Waals surface area (Å²) in [5, 5.41) is 27.9. The van der Waals surface area contributed by atoms with E-state index in [-0.39, 0.29) is 29.5 Å². The first-order valence-corrected chi connectivity index (χ1v) is 19.6. The highest BCUT2D eigenvalue weighted by atomic mass is 79.9. The number of carbonyl (C=O) groups excluding carboxylic acids is 1. The highest BCUT2D eigenvalue weighted by Gasteiger charge is 2.37. The second-order valence-electron chi connectivity index (χ2n) is 14.1. The summed E-state index contributed by atoms with van der Waals surface area (Å²) in [6, 6.07) is 21.8. The van der Waals surface area contributed by atoms with Gasteiger partial charge in [-0.1, -0.05) is 84.4 Å². The van der Waals surface area contributed by atoms with Crippen LogP contribution in [0.1, 0.15) is 86.6 Å². The third-order valence-corrected chi connectivity index (χ3v) is 11.1. The van der Waals surface area contributed by atoms with E-state index in [0.29, 0.717) is 35.5 Å². The van der Waals surface area contributed by atoms with E-state index < -0.39 is 6.10 Å².